The molecule has 4 aromatic rings. The van der Waals surface area contributed by atoms with Crippen LogP contribution in [0.5, 0.6) is 0 Å². The molecule has 0 atom stereocenters. The molecule has 0 saturated heterocycles. The fraction of sp³-hybridized carbons (Fsp3) is 0.0833. The van der Waals surface area contributed by atoms with Crippen molar-refractivity contribution < 1.29 is 8.42 Å². The van der Waals surface area contributed by atoms with Crippen molar-refractivity contribution in [3.8, 4) is 22.4 Å². The van der Waals surface area contributed by atoms with Crippen LogP contribution in [0.3, 0.4) is 0 Å². The van der Waals surface area contributed by atoms with Crippen LogP contribution in [0.2, 0.25) is 0 Å². The Bertz CT molecular complexity index is 1320. The van der Waals surface area contributed by atoms with Gasteiger partial charge in [0, 0.05) is 24.7 Å². The van der Waals surface area contributed by atoms with Gasteiger partial charge in [-0.05, 0) is 23.3 Å². The highest BCUT2D eigenvalue weighted by Crippen LogP contribution is 2.21. The normalized spacial score (nSPS) is 11.4. The monoisotopic (exact) mass is 431 g/mol. The fourth-order valence-electron chi connectivity index (χ4n) is 3.20. The summed E-state index contributed by atoms with van der Waals surface area (Å²) in [4.78, 5) is 16.8. The van der Waals surface area contributed by atoms with Gasteiger partial charge in [-0.2, -0.15) is 0 Å². The smallest absolute Gasteiger partial charge is 0.253 e. The maximum Gasteiger partial charge on any atom is 0.253 e. The van der Waals surface area contributed by atoms with Gasteiger partial charge in [-0.15, -0.1) is 0 Å². The second-order valence-corrected chi connectivity index (χ2v) is 8.73. The highest BCUT2D eigenvalue weighted by Gasteiger charge is 2.13. The standard InChI is InChI=1S/C24H21N3O3S/c28-24-17-23(21-9-5-2-6-10-21)25-18-27(24)16-15-26-31(29,30)22-13-11-20(12-14-22)19-7-3-1-4-8-19/h1-14,17-18,26H,15-16H2. The van der Waals surface area contributed by atoms with Gasteiger partial charge >= 0.3 is 0 Å². The summed E-state index contributed by atoms with van der Waals surface area (Å²) in [6.07, 6.45) is 1.44. The number of rotatable bonds is 7. The lowest BCUT2D eigenvalue weighted by molar-refractivity contribution is 0.569. The van der Waals surface area contributed by atoms with Crippen LogP contribution in [-0.2, 0) is 16.6 Å². The molecule has 0 radical (unpaired) electrons. The Labute approximate surface area is 180 Å². The van der Waals surface area contributed by atoms with E-state index in [9.17, 15) is 13.2 Å². The third-order valence-corrected chi connectivity index (χ3v) is 6.34. The largest absolute Gasteiger partial charge is 0.298 e. The van der Waals surface area contributed by atoms with E-state index in [4.69, 9.17) is 0 Å². The summed E-state index contributed by atoms with van der Waals surface area (Å²) in [7, 11) is -3.68. The number of aromatic nitrogens is 2. The Balaban J connectivity index is 1.40. The Morgan fingerprint density at radius 3 is 1.97 bits per heavy atom. The van der Waals surface area contributed by atoms with Crippen LogP contribution in [0.25, 0.3) is 22.4 Å². The van der Waals surface area contributed by atoms with Crippen LogP contribution in [-0.4, -0.2) is 24.5 Å². The molecule has 3 aromatic carbocycles. The van der Waals surface area contributed by atoms with E-state index in [2.05, 4.69) is 9.71 Å². The van der Waals surface area contributed by atoms with Gasteiger partial charge in [0.1, 0.15) is 0 Å². The van der Waals surface area contributed by atoms with Crippen LogP contribution in [0.4, 0.5) is 0 Å². The molecule has 4 rings (SSSR count). The van der Waals surface area contributed by atoms with Crippen LogP contribution in [0, 0.1) is 0 Å². The molecular weight excluding hydrogens is 410 g/mol. The highest BCUT2D eigenvalue weighted by molar-refractivity contribution is 7.89. The zero-order chi connectivity index (χ0) is 21.7. The first-order valence-corrected chi connectivity index (χ1v) is 11.3. The van der Waals surface area contributed by atoms with E-state index < -0.39 is 10.0 Å². The van der Waals surface area contributed by atoms with Crippen molar-refractivity contribution in [3.05, 3.63) is 108 Å². The van der Waals surface area contributed by atoms with E-state index in [0.717, 1.165) is 16.7 Å². The van der Waals surface area contributed by atoms with E-state index in [1.54, 1.807) is 24.3 Å². The molecule has 6 nitrogen and oxygen atoms in total. The summed E-state index contributed by atoms with van der Waals surface area (Å²) in [5.74, 6) is 0. The lowest BCUT2D eigenvalue weighted by atomic mass is 10.1. The van der Waals surface area contributed by atoms with Gasteiger partial charge in [0.2, 0.25) is 10.0 Å². The van der Waals surface area contributed by atoms with E-state index in [0.29, 0.717) is 5.69 Å². The number of sulfonamides is 1. The zero-order valence-electron chi connectivity index (χ0n) is 16.7. The van der Waals surface area contributed by atoms with Gasteiger partial charge in [0.15, 0.2) is 0 Å². The molecular formula is C24H21N3O3S. The van der Waals surface area contributed by atoms with Gasteiger partial charge in [-0.3, -0.25) is 9.36 Å². The fourth-order valence-corrected chi connectivity index (χ4v) is 4.22. The maximum absolute atomic E-state index is 12.6. The van der Waals surface area contributed by atoms with Gasteiger partial charge in [-0.1, -0.05) is 72.8 Å². The molecule has 31 heavy (non-hydrogen) atoms. The molecule has 0 fully saturated rings. The van der Waals surface area contributed by atoms with Gasteiger partial charge in [0.25, 0.3) is 5.56 Å². The van der Waals surface area contributed by atoms with Crippen LogP contribution < -0.4 is 10.3 Å². The minimum Gasteiger partial charge on any atom is -0.298 e. The average molecular weight is 432 g/mol. The highest BCUT2D eigenvalue weighted by atomic mass is 32.2. The topological polar surface area (TPSA) is 81.1 Å². The Kier molecular flexibility index (Phi) is 6.06. The summed E-state index contributed by atoms with van der Waals surface area (Å²) in [6.45, 7) is 0.261. The molecule has 0 aliphatic carbocycles. The first-order chi connectivity index (χ1) is 15.0. The van der Waals surface area contributed by atoms with Crippen molar-refractivity contribution >= 4 is 10.0 Å². The Morgan fingerprint density at radius 2 is 1.35 bits per heavy atom. The van der Waals surface area contributed by atoms with E-state index in [1.807, 2.05) is 60.7 Å². The van der Waals surface area contributed by atoms with Crippen molar-refractivity contribution in [1.29, 1.82) is 0 Å². The molecule has 1 N–H and O–H groups in total. The second kappa shape index (κ2) is 9.07. The predicted molar refractivity (Wildman–Crippen MR) is 121 cm³/mol. The van der Waals surface area contributed by atoms with Crippen molar-refractivity contribution in [2.24, 2.45) is 0 Å². The summed E-state index contributed by atoms with van der Waals surface area (Å²) in [5, 5.41) is 0. The van der Waals surface area contributed by atoms with Crippen LogP contribution >= 0.6 is 0 Å². The number of nitrogens with zero attached hydrogens (tertiary/aromatic N) is 2. The van der Waals surface area contributed by atoms with Gasteiger partial charge < -0.3 is 0 Å². The van der Waals surface area contributed by atoms with Crippen molar-refractivity contribution in [1.82, 2.24) is 14.3 Å². The van der Waals surface area contributed by atoms with E-state index >= 15 is 0 Å². The predicted octanol–water partition coefficient (Wildman–Crippen LogP) is 3.56. The van der Waals surface area contributed by atoms with Crippen molar-refractivity contribution in [2.45, 2.75) is 11.4 Å². The third-order valence-electron chi connectivity index (χ3n) is 4.87. The van der Waals surface area contributed by atoms with E-state index in [1.165, 1.54) is 17.0 Å². The first-order valence-electron chi connectivity index (χ1n) is 9.80. The zero-order valence-corrected chi connectivity index (χ0v) is 17.5. The molecule has 7 heteroatoms. The minimum atomic E-state index is -3.68. The molecule has 0 aliphatic rings. The number of hydrogen-bond acceptors (Lipinski definition) is 4. The van der Waals surface area contributed by atoms with Crippen LogP contribution in [0.1, 0.15) is 0 Å². The lowest BCUT2D eigenvalue weighted by Crippen LogP contribution is -2.30. The molecule has 1 heterocycles. The first kappa shape index (κ1) is 20.7. The van der Waals surface area contributed by atoms with Crippen LogP contribution in [0.15, 0.2) is 107 Å². The van der Waals surface area contributed by atoms with Gasteiger partial charge in [0.05, 0.1) is 16.9 Å². The lowest BCUT2D eigenvalue weighted by Gasteiger charge is -2.10. The molecule has 0 saturated carbocycles. The average Bonchev–Trinajstić information content (AvgIpc) is 2.81. The SMILES string of the molecule is O=c1cc(-c2ccccc2)ncn1CCNS(=O)(=O)c1ccc(-c2ccccc2)cc1. The molecule has 0 spiro atoms. The maximum atomic E-state index is 12.6. The number of nitrogens with one attached hydrogen (secondary N) is 1. The van der Waals surface area contributed by atoms with Crippen molar-refractivity contribution in [3.63, 3.8) is 0 Å². The molecule has 0 unspecified atom stereocenters. The molecule has 0 bridgehead atoms. The van der Waals surface area contributed by atoms with Crippen molar-refractivity contribution in [2.75, 3.05) is 6.54 Å². The summed E-state index contributed by atoms with van der Waals surface area (Å²) in [6, 6.07) is 27.3. The molecule has 0 amide bonds. The summed E-state index contributed by atoms with van der Waals surface area (Å²) >= 11 is 0. The molecule has 0 aliphatic heterocycles. The van der Waals surface area contributed by atoms with Gasteiger partial charge in [-0.25, -0.2) is 18.1 Å². The number of hydrogen-bond donors (Lipinski definition) is 1. The van der Waals surface area contributed by atoms with E-state index in [-0.39, 0.29) is 23.5 Å². The number of benzene rings is 3. The minimum absolute atomic E-state index is 0.0784. The Morgan fingerprint density at radius 1 is 0.774 bits per heavy atom. The summed E-state index contributed by atoms with van der Waals surface area (Å²) < 4.78 is 29.1. The molecule has 156 valence electrons. The Hall–Kier alpha value is -3.55. The molecule has 1 aromatic heterocycles. The summed E-state index contributed by atoms with van der Waals surface area (Å²) in [5.41, 5.74) is 3.16. The third kappa shape index (κ3) is 4.96. The second-order valence-electron chi connectivity index (χ2n) is 6.96. The quantitative estimate of drug-likeness (QED) is 0.485.